The monoisotopic (exact) mass is 656 g/mol. The Morgan fingerprint density at radius 1 is 0.538 bits per heavy atom. The molecule has 0 amide bonds. The average molecular weight is 659 g/mol. The van der Waals surface area contributed by atoms with Crippen LogP contribution in [0, 0.1) is 0 Å². The lowest BCUT2D eigenvalue weighted by atomic mass is 9.92. The van der Waals surface area contributed by atoms with Crippen molar-refractivity contribution < 1.29 is 43.1 Å². The molecule has 4 rings (SSSR count). The maximum atomic E-state index is 2.32. The highest BCUT2D eigenvalue weighted by molar-refractivity contribution is 5.51. The predicted molar refractivity (Wildman–Crippen MR) is 153 cm³/mol. The molecule has 0 atom stereocenters. The molecule has 212 valence electrons. The van der Waals surface area contributed by atoms with Crippen molar-refractivity contribution in [3.8, 4) is 11.4 Å². The maximum absolute atomic E-state index is 2.32. The van der Waals surface area contributed by atoms with Crippen LogP contribution in [0.2, 0.25) is 0 Å². The van der Waals surface area contributed by atoms with E-state index in [0.717, 1.165) is 19.5 Å². The number of hydrogen-bond acceptors (Lipinski definition) is 0. The van der Waals surface area contributed by atoms with Gasteiger partial charge in [0.25, 0.3) is 0 Å². The third kappa shape index (κ3) is 7.52. The van der Waals surface area contributed by atoms with Crippen molar-refractivity contribution in [3.05, 3.63) is 96.1 Å². The Bertz CT molecular complexity index is 1180. The van der Waals surface area contributed by atoms with Crippen molar-refractivity contribution in [2.24, 2.45) is 0 Å². The second kappa shape index (κ2) is 14.5. The van der Waals surface area contributed by atoms with Crippen molar-refractivity contribution >= 4 is 0 Å². The smallest absolute Gasteiger partial charge is 0.248 e. The van der Waals surface area contributed by atoms with E-state index in [-0.39, 0.29) is 34.0 Å². The molecule has 0 aliphatic carbocycles. The molecule has 0 aliphatic rings. The van der Waals surface area contributed by atoms with Crippen LogP contribution >= 0.6 is 0 Å². The van der Waals surface area contributed by atoms with E-state index in [0.29, 0.717) is 23.7 Å². The Morgan fingerprint density at radius 2 is 0.846 bits per heavy atom. The number of halogens is 2. The van der Waals surface area contributed by atoms with E-state index in [2.05, 4.69) is 147 Å². The van der Waals surface area contributed by atoms with E-state index in [4.69, 9.17) is 0 Å². The summed E-state index contributed by atoms with van der Waals surface area (Å²) in [6.07, 6.45) is 14.5. The molecule has 0 fully saturated rings. The highest BCUT2D eigenvalue weighted by Crippen LogP contribution is 2.31. The molecule has 0 N–H and O–H groups in total. The summed E-state index contributed by atoms with van der Waals surface area (Å²) < 4.78 is 9.29. The van der Waals surface area contributed by atoms with Crippen LogP contribution < -0.4 is 43.1 Å². The van der Waals surface area contributed by atoms with Gasteiger partial charge in [-0.05, 0) is 23.7 Å². The van der Waals surface area contributed by atoms with Gasteiger partial charge in [0, 0.05) is 28.7 Å². The Hall–Kier alpha value is -2.18. The van der Waals surface area contributed by atoms with Crippen molar-refractivity contribution in [2.45, 2.75) is 98.6 Å². The molecule has 0 spiro atoms. The van der Waals surface area contributed by atoms with Gasteiger partial charge < -0.3 is 34.0 Å². The van der Waals surface area contributed by atoms with E-state index >= 15 is 0 Å². The van der Waals surface area contributed by atoms with Crippen LogP contribution in [0.15, 0.2) is 73.8 Å². The number of para-hydroxylation sites is 2. The van der Waals surface area contributed by atoms with Gasteiger partial charge >= 0.3 is 0 Å². The minimum atomic E-state index is 0. The number of aromatic nitrogens is 4. The molecule has 0 saturated heterocycles. The first-order valence-electron chi connectivity index (χ1n) is 14.1. The molecular formula is C33H46Br2N4. The van der Waals surface area contributed by atoms with Gasteiger partial charge in [0.1, 0.15) is 36.2 Å². The summed E-state index contributed by atoms with van der Waals surface area (Å²) in [6.45, 7) is 20.3. The van der Waals surface area contributed by atoms with Gasteiger partial charge in [0.15, 0.2) is 0 Å². The first-order chi connectivity index (χ1) is 17.7. The molecule has 6 heteroatoms. The summed E-state index contributed by atoms with van der Waals surface area (Å²) >= 11 is 0. The standard InChI is InChI=1S/C33H46N4.2BrH/c1-24(2)28-12-9-13-29(25(3)4)32(28)36-20-18-34(22-36)16-11-17-35-19-21-37(23-35)33-30(26(5)6)14-10-15-31(33)27(7)8;;/h9-10,12-15,18-27H,11,16-17H2,1-8H3;2*1H/q+2;;/p-2. The second-order valence-electron chi connectivity index (χ2n) is 11.7. The highest BCUT2D eigenvalue weighted by atomic mass is 79.9. The zero-order valence-corrected chi connectivity index (χ0v) is 28.1. The van der Waals surface area contributed by atoms with E-state index in [1.54, 1.807) is 0 Å². The van der Waals surface area contributed by atoms with Crippen LogP contribution in [0.5, 0.6) is 0 Å². The molecule has 0 radical (unpaired) electrons. The lowest BCUT2D eigenvalue weighted by molar-refractivity contribution is -0.726. The van der Waals surface area contributed by atoms with Crippen LogP contribution in [0.1, 0.15) is 108 Å². The summed E-state index contributed by atoms with van der Waals surface area (Å²) in [5.74, 6) is 1.95. The molecule has 0 unspecified atom stereocenters. The fraction of sp³-hybridized carbons (Fsp3) is 0.455. The van der Waals surface area contributed by atoms with Gasteiger partial charge in [-0.25, -0.2) is 18.3 Å². The molecule has 39 heavy (non-hydrogen) atoms. The predicted octanol–water partition coefficient (Wildman–Crippen LogP) is 1.43. The molecule has 2 aromatic heterocycles. The first-order valence-corrected chi connectivity index (χ1v) is 14.1. The van der Waals surface area contributed by atoms with Crippen LogP contribution in [0.3, 0.4) is 0 Å². The summed E-state index contributed by atoms with van der Waals surface area (Å²) in [6, 6.07) is 13.5. The molecule has 0 aliphatic heterocycles. The van der Waals surface area contributed by atoms with E-state index in [9.17, 15) is 0 Å². The van der Waals surface area contributed by atoms with E-state index < -0.39 is 0 Å². The van der Waals surface area contributed by atoms with Gasteiger partial charge in [-0.2, -0.15) is 0 Å². The zero-order valence-electron chi connectivity index (χ0n) is 24.9. The lowest BCUT2D eigenvalue weighted by Crippen LogP contribution is -3.00. The molecule has 4 aromatic rings. The number of aryl methyl sites for hydroxylation is 2. The molecule has 2 heterocycles. The summed E-state index contributed by atoms with van der Waals surface area (Å²) in [5.41, 5.74) is 8.34. The van der Waals surface area contributed by atoms with Gasteiger partial charge in [-0.1, -0.05) is 91.8 Å². The molecule has 4 nitrogen and oxygen atoms in total. The van der Waals surface area contributed by atoms with Gasteiger partial charge in [-0.15, -0.1) is 0 Å². The zero-order chi connectivity index (χ0) is 26.7. The lowest BCUT2D eigenvalue weighted by Gasteiger charge is -2.16. The summed E-state index contributed by atoms with van der Waals surface area (Å²) in [7, 11) is 0. The molecule has 0 bridgehead atoms. The van der Waals surface area contributed by atoms with Gasteiger partial charge in [0.2, 0.25) is 12.7 Å². The highest BCUT2D eigenvalue weighted by Gasteiger charge is 2.21. The third-order valence-electron chi connectivity index (χ3n) is 7.42. The first kappa shape index (κ1) is 33.0. The van der Waals surface area contributed by atoms with Crippen LogP contribution in [0.25, 0.3) is 11.4 Å². The topological polar surface area (TPSA) is 17.6 Å². The number of imidazole rings is 2. The normalized spacial score (nSPS) is 11.4. The van der Waals surface area contributed by atoms with Crippen molar-refractivity contribution in [3.63, 3.8) is 0 Å². The van der Waals surface area contributed by atoms with Crippen molar-refractivity contribution in [2.75, 3.05) is 0 Å². The number of nitrogens with zero attached hydrogens (tertiary/aromatic N) is 4. The maximum Gasteiger partial charge on any atom is 0.248 e. The number of benzene rings is 2. The Balaban J connectivity index is 0.00000267. The van der Waals surface area contributed by atoms with E-state index in [1.165, 1.54) is 33.6 Å². The minimum Gasteiger partial charge on any atom is -1.00 e. The fourth-order valence-electron chi connectivity index (χ4n) is 5.37. The quantitative estimate of drug-likeness (QED) is 0.230. The van der Waals surface area contributed by atoms with Crippen LogP contribution in [-0.4, -0.2) is 9.13 Å². The van der Waals surface area contributed by atoms with Crippen molar-refractivity contribution in [1.29, 1.82) is 0 Å². The molecule has 0 saturated carbocycles. The Morgan fingerprint density at radius 3 is 1.13 bits per heavy atom. The number of hydrogen-bond donors (Lipinski definition) is 0. The van der Waals surface area contributed by atoms with Gasteiger partial charge in [-0.3, -0.25) is 0 Å². The van der Waals surface area contributed by atoms with Crippen molar-refractivity contribution in [1.82, 2.24) is 9.13 Å². The Kier molecular flexibility index (Phi) is 12.2. The van der Waals surface area contributed by atoms with Crippen LogP contribution in [0.4, 0.5) is 0 Å². The Labute approximate surface area is 257 Å². The molecule has 2 aromatic carbocycles. The SMILES string of the molecule is CC(C)c1cccc(C(C)C)c1-n1cc[n+](CCC[n+]2ccn(-c3c(C(C)C)cccc3C(C)C)c2)c1.[Br-].[Br-]. The average Bonchev–Trinajstić information content (AvgIpc) is 3.52. The molecular weight excluding hydrogens is 612 g/mol. The fourth-order valence-corrected chi connectivity index (χ4v) is 5.37. The third-order valence-corrected chi connectivity index (χ3v) is 7.42. The summed E-state index contributed by atoms with van der Waals surface area (Å²) in [4.78, 5) is 0. The van der Waals surface area contributed by atoms with E-state index in [1.807, 2.05) is 0 Å². The minimum absolute atomic E-state index is 0. The number of rotatable bonds is 10. The van der Waals surface area contributed by atoms with Crippen LogP contribution in [-0.2, 0) is 13.1 Å². The second-order valence-corrected chi connectivity index (χ2v) is 11.7. The largest absolute Gasteiger partial charge is 1.00 e. The summed E-state index contributed by atoms with van der Waals surface area (Å²) in [5, 5.41) is 0. The van der Waals surface area contributed by atoms with Gasteiger partial charge in [0.05, 0.1) is 13.1 Å².